The molecular formula is C14H19NO3. The predicted molar refractivity (Wildman–Crippen MR) is 68.1 cm³/mol. The van der Waals surface area contributed by atoms with E-state index in [2.05, 4.69) is 0 Å². The van der Waals surface area contributed by atoms with Crippen LogP contribution in [-0.4, -0.2) is 34.3 Å². The first-order chi connectivity index (χ1) is 8.38. The van der Waals surface area contributed by atoms with Gasteiger partial charge in [0.15, 0.2) is 0 Å². The van der Waals surface area contributed by atoms with Gasteiger partial charge >= 0.3 is 6.09 Å². The Morgan fingerprint density at radius 2 is 2.00 bits per heavy atom. The van der Waals surface area contributed by atoms with Crippen molar-refractivity contribution in [3.05, 3.63) is 35.9 Å². The van der Waals surface area contributed by atoms with E-state index in [0.29, 0.717) is 6.54 Å². The number of nitrogens with zero attached hydrogens (tertiary/aromatic N) is 1. The minimum absolute atomic E-state index is 0.165. The van der Waals surface area contributed by atoms with Crippen molar-refractivity contribution in [2.75, 3.05) is 6.54 Å². The van der Waals surface area contributed by atoms with Crippen molar-refractivity contribution in [1.82, 2.24) is 4.90 Å². The maximum atomic E-state index is 11.8. The van der Waals surface area contributed by atoms with Crippen LogP contribution in [-0.2, 0) is 4.74 Å². The van der Waals surface area contributed by atoms with Crippen molar-refractivity contribution >= 4 is 6.09 Å². The lowest BCUT2D eigenvalue weighted by Gasteiger charge is -2.20. The maximum Gasteiger partial charge on any atom is 0.410 e. The predicted octanol–water partition coefficient (Wildman–Crippen LogP) is 2.34. The number of carbonyl (C=O) groups is 1. The number of ether oxygens (including phenoxy) is 1. The van der Waals surface area contributed by atoms with E-state index in [1.54, 1.807) is 4.90 Å². The van der Waals surface area contributed by atoms with Gasteiger partial charge in [-0.2, -0.15) is 0 Å². The summed E-state index contributed by atoms with van der Waals surface area (Å²) < 4.78 is 5.25. The topological polar surface area (TPSA) is 49.5 Å². The molecule has 2 atom stereocenters. The van der Waals surface area contributed by atoms with Crippen LogP contribution in [0.4, 0.5) is 4.79 Å². The SMILES string of the molecule is CC(C)(C)OC(=O)N1C[C@H]1[C@@H](O)c1ccccc1. The molecule has 98 valence electrons. The molecule has 1 aromatic rings. The van der Waals surface area contributed by atoms with Gasteiger partial charge in [-0.1, -0.05) is 30.3 Å². The van der Waals surface area contributed by atoms with Crippen LogP contribution in [0, 0.1) is 0 Å². The minimum Gasteiger partial charge on any atom is -0.444 e. The Hall–Kier alpha value is -1.55. The van der Waals surface area contributed by atoms with Crippen LogP contribution in [0.15, 0.2) is 30.3 Å². The molecule has 0 saturated carbocycles. The second-order valence-corrected chi connectivity index (χ2v) is 5.56. The van der Waals surface area contributed by atoms with Crippen LogP contribution in [0.25, 0.3) is 0 Å². The standard InChI is InChI=1S/C14H19NO3/c1-14(2,3)18-13(17)15-9-11(15)12(16)10-7-5-4-6-8-10/h4-8,11-12,16H,9H2,1-3H3/t11-,12-,15?/m0/s1. The number of hydrogen-bond donors (Lipinski definition) is 1. The first-order valence-electron chi connectivity index (χ1n) is 6.11. The normalized spacial score (nSPS) is 20.4. The third-order valence-electron chi connectivity index (χ3n) is 2.78. The van der Waals surface area contributed by atoms with E-state index in [0.717, 1.165) is 5.56 Å². The number of hydrogen-bond acceptors (Lipinski definition) is 3. The van der Waals surface area contributed by atoms with Gasteiger partial charge in [0.2, 0.25) is 0 Å². The Labute approximate surface area is 107 Å². The smallest absolute Gasteiger partial charge is 0.410 e. The number of carbonyl (C=O) groups excluding carboxylic acids is 1. The summed E-state index contributed by atoms with van der Waals surface area (Å²) in [6.45, 7) is 6.04. The first kappa shape index (κ1) is 12.9. The van der Waals surface area contributed by atoms with Crippen LogP contribution >= 0.6 is 0 Å². The Bertz CT molecular complexity index is 424. The van der Waals surface area contributed by atoms with Gasteiger partial charge in [-0.25, -0.2) is 4.79 Å². The van der Waals surface area contributed by atoms with Gasteiger partial charge in [-0.3, -0.25) is 4.90 Å². The molecule has 0 spiro atoms. The van der Waals surface area contributed by atoms with Crippen molar-refractivity contribution in [3.63, 3.8) is 0 Å². The highest BCUT2D eigenvalue weighted by atomic mass is 16.6. The third-order valence-corrected chi connectivity index (χ3v) is 2.78. The van der Waals surface area contributed by atoms with Crippen LogP contribution in [0.1, 0.15) is 32.4 Å². The number of aliphatic hydroxyl groups is 1. The van der Waals surface area contributed by atoms with Gasteiger partial charge in [0.05, 0.1) is 6.04 Å². The molecule has 1 aromatic carbocycles. The van der Waals surface area contributed by atoms with Gasteiger partial charge in [0, 0.05) is 6.54 Å². The Morgan fingerprint density at radius 1 is 1.39 bits per heavy atom. The summed E-state index contributed by atoms with van der Waals surface area (Å²) in [6, 6.07) is 9.20. The molecule has 4 heteroatoms. The molecule has 1 N–H and O–H groups in total. The molecule has 1 heterocycles. The summed E-state index contributed by atoms with van der Waals surface area (Å²) in [6.07, 6.45) is -0.999. The zero-order valence-corrected chi connectivity index (χ0v) is 11.0. The lowest BCUT2D eigenvalue weighted by Crippen LogP contribution is -2.28. The van der Waals surface area contributed by atoms with Crippen molar-refractivity contribution in [3.8, 4) is 0 Å². The number of amides is 1. The average molecular weight is 249 g/mol. The van der Waals surface area contributed by atoms with E-state index in [1.807, 2.05) is 51.1 Å². The van der Waals surface area contributed by atoms with Crippen molar-refractivity contribution < 1.29 is 14.6 Å². The molecule has 0 bridgehead atoms. The van der Waals surface area contributed by atoms with E-state index < -0.39 is 11.7 Å². The quantitative estimate of drug-likeness (QED) is 0.818. The Morgan fingerprint density at radius 3 is 2.56 bits per heavy atom. The largest absolute Gasteiger partial charge is 0.444 e. The van der Waals surface area contributed by atoms with Gasteiger partial charge in [-0.15, -0.1) is 0 Å². The van der Waals surface area contributed by atoms with Gasteiger partial charge in [0.25, 0.3) is 0 Å². The molecule has 18 heavy (non-hydrogen) atoms. The monoisotopic (exact) mass is 249 g/mol. The fourth-order valence-electron chi connectivity index (χ4n) is 1.83. The second-order valence-electron chi connectivity index (χ2n) is 5.56. The van der Waals surface area contributed by atoms with E-state index in [9.17, 15) is 9.90 Å². The number of rotatable bonds is 2. The fourth-order valence-corrected chi connectivity index (χ4v) is 1.83. The molecule has 0 unspecified atom stereocenters. The molecule has 1 aliphatic heterocycles. The fraction of sp³-hybridized carbons (Fsp3) is 0.500. The van der Waals surface area contributed by atoms with E-state index >= 15 is 0 Å². The van der Waals surface area contributed by atoms with E-state index in [1.165, 1.54) is 0 Å². The molecule has 1 saturated heterocycles. The lowest BCUT2D eigenvalue weighted by molar-refractivity contribution is 0.0365. The van der Waals surface area contributed by atoms with Crippen LogP contribution in [0.5, 0.6) is 0 Å². The van der Waals surface area contributed by atoms with Crippen molar-refractivity contribution in [2.24, 2.45) is 0 Å². The highest BCUT2D eigenvalue weighted by Gasteiger charge is 2.46. The van der Waals surface area contributed by atoms with E-state index in [4.69, 9.17) is 4.74 Å². The highest BCUT2D eigenvalue weighted by molar-refractivity contribution is 5.71. The molecule has 0 aromatic heterocycles. The first-order valence-corrected chi connectivity index (χ1v) is 6.11. The van der Waals surface area contributed by atoms with Crippen LogP contribution in [0.3, 0.4) is 0 Å². The Balaban J connectivity index is 1.93. The van der Waals surface area contributed by atoms with Gasteiger partial charge < -0.3 is 9.84 Å². The molecule has 1 amide bonds. The van der Waals surface area contributed by atoms with Crippen LogP contribution < -0.4 is 0 Å². The summed E-state index contributed by atoms with van der Waals surface area (Å²) in [5.74, 6) is 0. The molecule has 4 nitrogen and oxygen atoms in total. The lowest BCUT2D eigenvalue weighted by atomic mass is 10.1. The summed E-state index contributed by atoms with van der Waals surface area (Å²) in [5.41, 5.74) is 0.329. The molecule has 0 aliphatic carbocycles. The number of aliphatic hydroxyl groups excluding tert-OH is 1. The summed E-state index contributed by atoms with van der Waals surface area (Å²) >= 11 is 0. The molecular weight excluding hydrogens is 230 g/mol. The third kappa shape index (κ3) is 3.01. The molecule has 0 radical (unpaired) electrons. The molecule has 2 rings (SSSR count). The van der Waals surface area contributed by atoms with E-state index in [-0.39, 0.29) is 12.1 Å². The zero-order valence-electron chi connectivity index (χ0n) is 11.0. The second kappa shape index (κ2) is 4.61. The van der Waals surface area contributed by atoms with Gasteiger partial charge in [0.1, 0.15) is 11.7 Å². The molecule has 1 fully saturated rings. The average Bonchev–Trinajstić information content (AvgIpc) is 3.07. The zero-order chi connectivity index (χ0) is 13.3. The summed E-state index contributed by atoms with van der Waals surface area (Å²) in [7, 11) is 0. The van der Waals surface area contributed by atoms with Gasteiger partial charge in [-0.05, 0) is 26.3 Å². The van der Waals surface area contributed by atoms with Crippen LogP contribution in [0.2, 0.25) is 0 Å². The van der Waals surface area contributed by atoms with Crippen molar-refractivity contribution in [1.29, 1.82) is 0 Å². The minimum atomic E-state index is -0.640. The van der Waals surface area contributed by atoms with Crippen molar-refractivity contribution in [2.45, 2.75) is 38.5 Å². The Kier molecular flexibility index (Phi) is 3.30. The molecule has 1 aliphatic rings. The number of benzene rings is 1. The highest BCUT2D eigenvalue weighted by Crippen LogP contribution is 2.32. The maximum absolute atomic E-state index is 11.8. The summed E-state index contributed by atoms with van der Waals surface area (Å²) in [5, 5.41) is 10.1. The summed E-state index contributed by atoms with van der Waals surface area (Å²) in [4.78, 5) is 13.3.